The molecule has 1 aromatic carbocycles. The number of methoxy groups -OCH3 is 2. The molecule has 1 heterocycles. The molecule has 1 aromatic heterocycles. The Kier molecular flexibility index (Phi) is 4.82. The van der Waals surface area contributed by atoms with Crippen molar-refractivity contribution in [1.29, 1.82) is 5.26 Å². The first-order valence-electron chi connectivity index (χ1n) is 6.92. The molecule has 0 amide bonds. The number of nitriles is 1. The van der Waals surface area contributed by atoms with Gasteiger partial charge in [-0.05, 0) is 31.2 Å². The molecule has 1 unspecified atom stereocenters. The predicted molar refractivity (Wildman–Crippen MR) is 84.1 cm³/mol. The van der Waals surface area contributed by atoms with E-state index in [0.717, 1.165) is 0 Å². The van der Waals surface area contributed by atoms with Gasteiger partial charge in [-0.3, -0.25) is 9.36 Å². The minimum atomic E-state index is -0.874. The summed E-state index contributed by atoms with van der Waals surface area (Å²) in [4.78, 5) is 24.5. The highest BCUT2D eigenvalue weighted by Gasteiger charge is 2.23. The van der Waals surface area contributed by atoms with Crippen molar-refractivity contribution in [3.05, 3.63) is 52.3 Å². The van der Waals surface area contributed by atoms with E-state index in [1.165, 1.54) is 24.9 Å². The molecule has 0 saturated heterocycles. The number of ether oxygens (including phenoxy) is 2. The average molecular weight is 312 g/mol. The topological polar surface area (TPSA) is 81.3 Å². The van der Waals surface area contributed by atoms with Crippen molar-refractivity contribution < 1.29 is 14.3 Å². The molecule has 0 fully saturated rings. The molecule has 23 heavy (non-hydrogen) atoms. The number of rotatable bonds is 4. The lowest BCUT2D eigenvalue weighted by Crippen LogP contribution is -2.31. The minimum absolute atomic E-state index is 0.0422. The maximum atomic E-state index is 12.5. The maximum absolute atomic E-state index is 12.5. The van der Waals surface area contributed by atoms with Gasteiger partial charge in [0.05, 0.1) is 19.9 Å². The van der Waals surface area contributed by atoms with Crippen LogP contribution >= 0.6 is 0 Å². The number of esters is 1. The standard InChI is InChI=1S/C17H16N2O4/c1-11(17(21)23-3)19-14(9-8-12(10-18)16(19)20)13-6-4-5-7-15(13)22-2/h4-9,11H,1-3H3. The number of benzene rings is 1. The van der Waals surface area contributed by atoms with E-state index in [-0.39, 0.29) is 5.56 Å². The summed E-state index contributed by atoms with van der Waals surface area (Å²) in [6.07, 6.45) is 0. The second-order valence-electron chi connectivity index (χ2n) is 4.82. The lowest BCUT2D eigenvalue weighted by Gasteiger charge is -2.19. The number of carbonyl (C=O) groups is 1. The van der Waals surface area contributed by atoms with Crippen LogP contribution < -0.4 is 10.3 Å². The van der Waals surface area contributed by atoms with E-state index < -0.39 is 17.6 Å². The van der Waals surface area contributed by atoms with Crippen molar-refractivity contribution in [2.45, 2.75) is 13.0 Å². The summed E-state index contributed by atoms with van der Waals surface area (Å²) >= 11 is 0. The van der Waals surface area contributed by atoms with E-state index in [0.29, 0.717) is 17.0 Å². The maximum Gasteiger partial charge on any atom is 0.328 e. The Morgan fingerprint density at radius 2 is 1.91 bits per heavy atom. The lowest BCUT2D eigenvalue weighted by molar-refractivity contribution is -0.144. The van der Waals surface area contributed by atoms with Crippen LogP contribution in [-0.2, 0) is 9.53 Å². The van der Waals surface area contributed by atoms with Crippen molar-refractivity contribution in [2.24, 2.45) is 0 Å². The van der Waals surface area contributed by atoms with Gasteiger partial charge in [0.1, 0.15) is 23.4 Å². The third-order valence-electron chi connectivity index (χ3n) is 3.55. The summed E-state index contributed by atoms with van der Waals surface area (Å²) < 4.78 is 11.3. The van der Waals surface area contributed by atoms with Gasteiger partial charge in [0.25, 0.3) is 5.56 Å². The first-order chi connectivity index (χ1) is 11.0. The molecule has 0 aliphatic rings. The van der Waals surface area contributed by atoms with E-state index in [9.17, 15) is 9.59 Å². The Bertz CT molecular complexity index is 833. The van der Waals surface area contributed by atoms with Crippen molar-refractivity contribution in [3.8, 4) is 23.1 Å². The van der Waals surface area contributed by atoms with Crippen LogP contribution in [-0.4, -0.2) is 24.8 Å². The smallest absolute Gasteiger partial charge is 0.328 e. The zero-order valence-electron chi connectivity index (χ0n) is 13.1. The number of hydrogen-bond donors (Lipinski definition) is 0. The van der Waals surface area contributed by atoms with Gasteiger partial charge in [0.15, 0.2) is 0 Å². The summed E-state index contributed by atoms with van der Waals surface area (Å²) in [6.45, 7) is 1.55. The van der Waals surface area contributed by atoms with Gasteiger partial charge < -0.3 is 9.47 Å². The molecule has 2 aromatic rings. The van der Waals surface area contributed by atoms with Gasteiger partial charge in [-0.25, -0.2) is 4.79 Å². The van der Waals surface area contributed by atoms with Crippen molar-refractivity contribution >= 4 is 5.97 Å². The average Bonchev–Trinajstić information content (AvgIpc) is 2.60. The third kappa shape index (κ3) is 2.94. The van der Waals surface area contributed by atoms with E-state index in [4.69, 9.17) is 14.7 Å². The van der Waals surface area contributed by atoms with Crippen molar-refractivity contribution in [2.75, 3.05) is 14.2 Å². The SMILES string of the molecule is COC(=O)C(C)n1c(-c2ccccc2OC)ccc(C#N)c1=O. The van der Waals surface area contributed by atoms with Crippen LogP contribution in [0.1, 0.15) is 18.5 Å². The van der Waals surface area contributed by atoms with Crippen LogP contribution in [0.4, 0.5) is 0 Å². The number of hydrogen-bond acceptors (Lipinski definition) is 5. The molecule has 2 rings (SSSR count). The highest BCUT2D eigenvalue weighted by atomic mass is 16.5. The quantitative estimate of drug-likeness (QED) is 0.808. The van der Waals surface area contributed by atoms with Gasteiger partial charge in [0, 0.05) is 5.56 Å². The van der Waals surface area contributed by atoms with Crippen LogP contribution in [0.25, 0.3) is 11.3 Å². The van der Waals surface area contributed by atoms with E-state index >= 15 is 0 Å². The summed E-state index contributed by atoms with van der Waals surface area (Å²) in [5, 5.41) is 9.08. The van der Waals surface area contributed by atoms with Gasteiger partial charge in [-0.2, -0.15) is 5.26 Å². The Balaban J connectivity index is 2.79. The fraction of sp³-hybridized carbons (Fsp3) is 0.235. The largest absolute Gasteiger partial charge is 0.496 e. The molecule has 0 radical (unpaired) electrons. The Morgan fingerprint density at radius 3 is 2.52 bits per heavy atom. The number of aromatic nitrogens is 1. The summed E-state index contributed by atoms with van der Waals surface area (Å²) in [5.41, 5.74) is 0.532. The molecule has 0 aliphatic heterocycles. The van der Waals surface area contributed by atoms with Crippen LogP contribution in [0.5, 0.6) is 5.75 Å². The van der Waals surface area contributed by atoms with E-state index in [1.807, 2.05) is 6.07 Å². The third-order valence-corrected chi connectivity index (χ3v) is 3.55. The van der Waals surface area contributed by atoms with Crippen LogP contribution in [0.3, 0.4) is 0 Å². The number of pyridine rings is 1. The summed E-state index contributed by atoms with van der Waals surface area (Å²) in [7, 11) is 2.77. The Labute approximate surface area is 133 Å². The fourth-order valence-electron chi connectivity index (χ4n) is 2.37. The zero-order chi connectivity index (χ0) is 17.0. The minimum Gasteiger partial charge on any atom is -0.496 e. The molecule has 0 N–H and O–H groups in total. The molecule has 0 spiro atoms. The summed E-state index contributed by atoms with van der Waals surface area (Å²) in [5.74, 6) is -0.0132. The lowest BCUT2D eigenvalue weighted by atomic mass is 10.1. The molecular weight excluding hydrogens is 296 g/mol. The Morgan fingerprint density at radius 1 is 1.22 bits per heavy atom. The molecule has 1 atom stereocenters. The molecule has 0 saturated carbocycles. The van der Waals surface area contributed by atoms with Crippen LogP contribution in [0, 0.1) is 11.3 Å². The van der Waals surface area contributed by atoms with Gasteiger partial charge in [-0.15, -0.1) is 0 Å². The second kappa shape index (κ2) is 6.79. The highest BCUT2D eigenvalue weighted by molar-refractivity contribution is 5.76. The second-order valence-corrected chi connectivity index (χ2v) is 4.82. The Hall–Kier alpha value is -3.07. The van der Waals surface area contributed by atoms with Crippen molar-refractivity contribution in [1.82, 2.24) is 4.57 Å². The van der Waals surface area contributed by atoms with E-state index in [2.05, 4.69) is 0 Å². The zero-order valence-corrected chi connectivity index (χ0v) is 13.1. The molecular formula is C17H16N2O4. The predicted octanol–water partition coefficient (Wildman–Crippen LogP) is 2.13. The first kappa shape index (κ1) is 16.3. The number of para-hydroxylation sites is 1. The van der Waals surface area contributed by atoms with Crippen molar-refractivity contribution in [3.63, 3.8) is 0 Å². The van der Waals surface area contributed by atoms with Crippen LogP contribution in [0.2, 0.25) is 0 Å². The summed E-state index contributed by atoms with van der Waals surface area (Å²) in [6, 6.07) is 11.2. The van der Waals surface area contributed by atoms with Gasteiger partial charge in [-0.1, -0.05) is 12.1 Å². The monoisotopic (exact) mass is 312 g/mol. The fourth-order valence-corrected chi connectivity index (χ4v) is 2.37. The molecule has 6 nitrogen and oxygen atoms in total. The molecule has 0 bridgehead atoms. The van der Waals surface area contributed by atoms with Gasteiger partial charge in [0.2, 0.25) is 0 Å². The van der Waals surface area contributed by atoms with Gasteiger partial charge >= 0.3 is 5.97 Å². The molecule has 6 heteroatoms. The first-order valence-corrected chi connectivity index (χ1v) is 6.92. The molecule has 118 valence electrons. The molecule has 0 aliphatic carbocycles. The number of nitrogens with zero attached hydrogens (tertiary/aromatic N) is 2. The van der Waals surface area contributed by atoms with E-state index in [1.54, 1.807) is 37.3 Å². The number of carbonyl (C=O) groups excluding carboxylic acids is 1. The highest BCUT2D eigenvalue weighted by Crippen LogP contribution is 2.30. The normalized spacial score (nSPS) is 11.4. The van der Waals surface area contributed by atoms with Crippen LogP contribution in [0.15, 0.2) is 41.2 Å².